The van der Waals surface area contributed by atoms with Gasteiger partial charge in [-0.15, -0.1) is 11.3 Å². The third-order valence-electron chi connectivity index (χ3n) is 5.35. The number of halogens is 2. The zero-order chi connectivity index (χ0) is 19.8. The summed E-state index contributed by atoms with van der Waals surface area (Å²) < 4.78 is 2.37. The molecule has 0 bridgehead atoms. The largest absolute Gasteiger partial charge is 0.381 e. The number of aryl methyl sites for hydroxylation is 1. The molecule has 4 rings (SSSR count). The normalized spacial score (nSPS) is 17.2. The molecule has 2 aliphatic rings. The van der Waals surface area contributed by atoms with Gasteiger partial charge in [0.25, 0.3) is 0 Å². The maximum atomic E-state index is 9.44. The van der Waals surface area contributed by atoms with E-state index >= 15 is 0 Å². The van der Waals surface area contributed by atoms with Crippen LogP contribution < -0.4 is 0 Å². The van der Waals surface area contributed by atoms with Crippen molar-refractivity contribution in [3.8, 4) is 0 Å². The maximum absolute atomic E-state index is 9.44. The molecule has 28 heavy (non-hydrogen) atoms. The zero-order valence-corrected chi connectivity index (χ0v) is 20.8. The van der Waals surface area contributed by atoms with Crippen LogP contribution >= 0.6 is 55.0 Å². The molecule has 0 amide bonds. The number of fused-ring (bicyclic) bond motifs is 2. The highest BCUT2D eigenvalue weighted by molar-refractivity contribution is 9.11. The first kappa shape index (κ1) is 20.9. The molecular formula is C20H23Br2N3OS2. The van der Waals surface area contributed by atoms with Crippen LogP contribution in [0.15, 0.2) is 34.5 Å². The second-order valence-corrected chi connectivity index (χ2v) is 11.0. The number of rotatable bonds is 3. The molecule has 0 spiro atoms. The highest BCUT2D eigenvalue weighted by Gasteiger charge is 2.29. The highest BCUT2D eigenvalue weighted by atomic mass is 79.9. The first-order valence-electron chi connectivity index (χ1n) is 9.53. The van der Waals surface area contributed by atoms with Gasteiger partial charge in [-0.05, 0) is 46.0 Å². The van der Waals surface area contributed by atoms with Crippen molar-refractivity contribution in [2.24, 2.45) is 4.99 Å². The van der Waals surface area contributed by atoms with Crippen LogP contribution in [0.5, 0.6) is 0 Å². The van der Waals surface area contributed by atoms with Crippen molar-refractivity contribution in [1.82, 2.24) is 9.80 Å². The lowest BCUT2D eigenvalue weighted by atomic mass is 10.0. The summed E-state index contributed by atoms with van der Waals surface area (Å²) in [5.41, 5.74) is 4.94. The molecule has 1 aromatic carbocycles. The second-order valence-electron chi connectivity index (χ2n) is 6.92. The molecule has 2 aliphatic heterocycles. The number of aliphatic hydroxyl groups excluding tert-OH is 1. The van der Waals surface area contributed by atoms with Crippen molar-refractivity contribution in [3.63, 3.8) is 0 Å². The van der Waals surface area contributed by atoms with E-state index in [0.29, 0.717) is 0 Å². The molecule has 0 radical (unpaired) electrons. The first-order valence-corrected chi connectivity index (χ1v) is 12.8. The molecule has 0 saturated carbocycles. The van der Waals surface area contributed by atoms with Crippen LogP contribution in [0.25, 0.3) is 0 Å². The summed E-state index contributed by atoms with van der Waals surface area (Å²) in [6.07, 6.45) is 1.94. The Labute approximate surface area is 191 Å². The lowest BCUT2D eigenvalue weighted by molar-refractivity contribution is 0.0742. The van der Waals surface area contributed by atoms with Crippen molar-refractivity contribution < 1.29 is 5.11 Å². The molecular weight excluding hydrogens is 522 g/mol. The molecule has 2 aromatic rings. The van der Waals surface area contributed by atoms with Gasteiger partial charge in [0, 0.05) is 51.4 Å². The van der Waals surface area contributed by atoms with Crippen molar-refractivity contribution in [2.45, 2.75) is 36.5 Å². The number of piperazine rings is 1. The molecule has 4 nitrogen and oxygen atoms in total. The lowest BCUT2D eigenvalue weighted by Gasteiger charge is -2.35. The number of nitrogens with zero attached hydrogens (tertiary/aromatic N) is 3. The Bertz CT molecular complexity index is 921. The molecule has 3 heterocycles. The Hall–Kier alpha value is -0.380. The minimum atomic E-state index is 0.126. The van der Waals surface area contributed by atoms with Gasteiger partial charge < -0.3 is 10.0 Å². The van der Waals surface area contributed by atoms with E-state index in [9.17, 15) is 5.11 Å². The summed E-state index contributed by atoms with van der Waals surface area (Å²) >= 11 is 11.2. The van der Waals surface area contributed by atoms with E-state index in [4.69, 9.17) is 4.99 Å². The minimum Gasteiger partial charge on any atom is -0.381 e. The Balaban J connectivity index is 1.86. The van der Waals surface area contributed by atoms with E-state index in [1.54, 1.807) is 11.3 Å². The predicted molar refractivity (Wildman–Crippen MR) is 125 cm³/mol. The summed E-state index contributed by atoms with van der Waals surface area (Å²) in [5, 5.41) is 11.7. The first-order chi connectivity index (χ1) is 13.6. The molecule has 1 aromatic heterocycles. The number of aliphatic imine (C=N–C) groups is 1. The third-order valence-corrected chi connectivity index (χ3v) is 9.61. The van der Waals surface area contributed by atoms with Gasteiger partial charge >= 0.3 is 0 Å². The van der Waals surface area contributed by atoms with E-state index in [0.717, 1.165) is 50.5 Å². The number of hydrogen-bond acceptors (Lipinski definition) is 6. The Morgan fingerprint density at radius 2 is 1.89 bits per heavy atom. The molecule has 1 fully saturated rings. The van der Waals surface area contributed by atoms with Gasteiger partial charge in [-0.25, -0.2) is 4.99 Å². The average molecular weight is 545 g/mol. The molecule has 0 aliphatic carbocycles. The molecule has 1 saturated heterocycles. The van der Waals surface area contributed by atoms with Crippen LogP contribution in [0, 0.1) is 0 Å². The van der Waals surface area contributed by atoms with Crippen molar-refractivity contribution in [3.05, 3.63) is 36.4 Å². The van der Waals surface area contributed by atoms with Gasteiger partial charge in [-0.2, -0.15) is 0 Å². The maximum Gasteiger partial charge on any atom is 0.138 e. The smallest absolute Gasteiger partial charge is 0.138 e. The average Bonchev–Trinajstić information content (AvgIpc) is 2.98. The number of thiophene rings is 1. The van der Waals surface area contributed by atoms with Gasteiger partial charge in [-0.3, -0.25) is 4.90 Å². The highest BCUT2D eigenvalue weighted by Crippen LogP contribution is 2.49. The summed E-state index contributed by atoms with van der Waals surface area (Å²) in [6.45, 7) is 8.00. The van der Waals surface area contributed by atoms with E-state index in [-0.39, 0.29) is 6.73 Å². The van der Waals surface area contributed by atoms with Crippen LogP contribution in [0.2, 0.25) is 0 Å². The summed E-state index contributed by atoms with van der Waals surface area (Å²) in [4.78, 5) is 12.2. The number of amidine groups is 1. The molecule has 150 valence electrons. The van der Waals surface area contributed by atoms with Crippen molar-refractivity contribution >= 4 is 66.5 Å². The van der Waals surface area contributed by atoms with Gasteiger partial charge in [-0.1, -0.05) is 41.5 Å². The zero-order valence-electron chi connectivity index (χ0n) is 16.0. The fourth-order valence-electron chi connectivity index (χ4n) is 3.71. The van der Waals surface area contributed by atoms with Crippen LogP contribution in [0.4, 0.5) is 5.69 Å². The van der Waals surface area contributed by atoms with Gasteiger partial charge in [0.1, 0.15) is 5.84 Å². The van der Waals surface area contributed by atoms with Crippen LogP contribution in [-0.2, 0) is 12.8 Å². The lowest BCUT2D eigenvalue weighted by Crippen LogP contribution is -2.49. The van der Waals surface area contributed by atoms with Gasteiger partial charge in [0.05, 0.1) is 16.2 Å². The summed E-state index contributed by atoms with van der Waals surface area (Å²) in [7, 11) is 0. The fourth-order valence-corrected chi connectivity index (χ4v) is 7.34. The topological polar surface area (TPSA) is 39.1 Å². The van der Waals surface area contributed by atoms with E-state index in [2.05, 4.69) is 67.0 Å². The quantitative estimate of drug-likeness (QED) is 0.553. The minimum absolute atomic E-state index is 0.126. The van der Waals surface area contributed by atoms with Crippen molar-refractivity contribution in [1.29, 1.82) is 0 Å². The second kappa shape index (κ2) is 8.78. The fraction of sp³-hybridized carbons (Fsp3) is 0.450. The van der Waals surface area contributed by atoms with Crippen LogP contribution in [0.1, 0.15) is 30.5 Å². The predicted octanol–water partition coefficient (Wildman–Crippen LogP) is 5.51. The molecule has 1 N–H and O–H groups in total. The van der Waals surface area contributed by atoms with Gasteiger partial charge in [0.15, 0.2) is 0 Å². The summed E-state index contributed by atoms with van der Waals surface area (Å²) in [6, 6.07) is 2.30. The third kappa shape index (κ3) is 3.72. The Morgan fingerprint density at radius 1 is 1.14 bits per heavy atom. The number of benzene rings is 1. The van der Waals surface area contributed by atoms with E-state index in [1.165, 1.54) is 34.7 Å². The Kier molecular flexibility index (Phi) is 6.54. The van der Waals surface area contributed by atoms with Crippen molar-refractivity contribution in [2.75, 3.05) is 32.9 Å². The number of aliphatic hydroxyl groups is 1. The summed E-state index contributed by atoms with van der Waals surface area (Å²) in [5.74, 6) is 1.06. The molecule has 0 unspecified atom stereocenters. The monoisotopic (exact) mass is 543 g/mol. The number of hydrogen-bond donors (Lipinski definition) is 1. The van der Waals surface area contributed by atoms with Crippen LogP contribution in [-0.4, -0.2) is 53.7 Å². The SMILES string of the molecule is CCc1cc2c(c(CC)c1Br)N=C(N1CCN(CO)CC1)c1csc(Br)c1S2. The van der Waals surface area contributed by atoms with Gasteiger partial charge in [0.2, 0.25) is 0 Å². The molecule has 8 heteroatoms. The van der Waals surface area contributed by atoms with E-state index in [1.807, 2.05) is 11.8 Å². The molecule has 0 atom stereocenters. The Morgan fingerprint density at radius 3 is 2.54 bits per heavy atom. The standard InChI is InChI=1S/C20H23Br2N3OS2/c1-3-12-9-15-17(13(4-2)16(12)21)23-20(14-10-27-19(22)18(14)28-15)25-7-5-24(11-26)6-8-25/h9-10,26H,3-8,11H2,1-2H3. The van der Waals surface area contributed by atoms with Crippen LogP contribution in [0.3, 0.4) is 0 Å². The van der Waals surface area contributed by atoms with E-state index < -0.39 is 0 Å².